The number of hydrogen-bond acceptors (Lipinski definition) is 8. The van der Waals surface area contributed by atoms with Crippen LogP contribution in [0.15, 0.2) is 85.2 Å². The van der Waals surface area contributed by atoms with E-state index < -0.39 is 29.6 Å². The Labute approximate surface area is 277 Å². The van der Waals surface area contributed by atoms with Crippen molar-refractivity contribution in [2.45, 2.75) is 12.5 Å². The van der Waals surface area contributed by atoms with E-state index >= 15 is 4.39 Å². The molecule has 0 aliphatic carbocycles. The summed E-state index contributed by atoms with van der Waals surface area (Å²) in [5.74, 6) is -1.71. The predicted octanol–water partition coefficient (Wildman–Crippen LogP) is 5.33. The van der Waals surface area contributed by atoms with Crippen molar-refractivity contribution < 1.29 is 33.4 Å². The van der Waals surface area contributed by atoms with E-state index in [0.717, 1.165) is 16.7 Å². The van der Waals surface area contributed by atoms with Crippen molar-refractivity contribution in [3.05, 3.63) is 118 Å². The first-order chi connectivity index (χ1) is 23.3. The molecule has 2 N–H and O–H groups in total. The van der Waals surface area contributed by atoms with Crippen LogP contribution in [-0.4, -0.2) is 61.3 Å². The first kappa shape index (κ1) is 30.6. The predicted molar refractivity (Wildman–Crippen MR) is 171 cm³/mol. The highest BCUT2D eigenvalue weighted by atomic mass is 35.5. The standard InChI is InChI=1S/C34H24ClFN6O6/c35-26-10-11-27(42-17-37-39-40-42)25(31(26)36)9-13-30(43)41-15-14-23-22(20-6-12-28-29(16-20)48-18-47-28)2-1-3-24(23)32(41)33(44)38-21-7-4-19(5-8-21)34(45)46/h1-13,16-17,32H,14-15,18H2,(H,38,44)(H,45,46). The average Bonchev–Trinajstić information content (AvgIpc) is 3.81. The highest BCUT2D eigenvalue weighted by Crippen LogP contribution is 2.41. The number of carbonyl (C=O) groups is 3. The Morgan fingerprint density at radius 2 is 1.83 bits per heavy atom. The van der Waals surface area contributed by atoms with Crippen molar-refractivity contribution >= 4 is 41.1 Å². The molecule has 0 radical (unpaired) electrons. The van der Waals surface area contributed by atoms with Crippen LogP contribution in [0.1, 0.15) is 33.1 Å². The molecule has 2 amide bonds. The number of aromatic carboxylic acids is 1. The second-order valence-electron chi connectivity index (χ2n) is 10.9. The van der Waals surface area contributed by atoms with E-state index in [4.69, 9.17) is 21.1 Å². The molecular weight excluding hydrogens is 643 g/mol. The molecule has 7 rings (SSSR count). The quantitative estimate of drug-likeness (QED) is 0.220. The van der Waals surface area contributed by atoms with Gasteiger partial charge >= 0.3 is 5.97 Å². The highest BCUT2D eigenvalue weighted by molar-refractivity contribution is 6.31. The number of ether oxygens (including phenoxy) is 2. The molecular formula is C34H24ClFN6O6. The third-order valence-corrected chi connectivity index (χ3v) is 8.43. The lowest BCUT2D eigenvalue weighted by Crippen LogP contribution is -2.45. The fourth-order valence-corrected chi connectivity index (χ4v) is 6.03. The molecule has 2 aliphatic heterocycles. The summed E-state index contributed by atoms with van der Waals surface area (Å²) < 4.78 is 27.5. The number of halogens is 2. The third-order valence-electron chi connectivity index (χ3n) is 8.13. The molecule has 5 aromatic rings. The SMILES string of the molecule is O=C(O)c1ccc(NC(=O)C2c3cccc(-c4ccc5c(c4)OCO5)c3CCN2C(=O)C=Cc2c(-n3cnnn3)ccc(Cl)c2F)cc1. The molecule has 48 heavy (non-hydrogen) atoms. The minimum absolute atomic E-state index is 0.0230. The summed E-state index contributed by atoms with van der Waals surface area (Å²) in [6.07, 6.45) is 4.15. The third kappa shape index (κ3) is 5.71. The van der Waals surface area contributed by atoms with Gasteiger partial charge in [0, 0.05) is 23.9 Å². The largest absolute Gasteiger partial charge is 0.478 e. The molecule has 1 atom stereocenters. The second kappa shape index (κ2) is 12.6. The van der Waals surface area contributed by atoms with Crippen LogP contribution in [0.2, 0.25) is 5.02 Å². The zero-order valence-corrected chi connectivity index (χ0v) is 25.6. The van der Waals surface area contributed by atoms with Gasteiger partial charge in [0.15, 0.2) is 17.3 Å². The van der Waals surface area contributed by atoms with E-state index in [2.05, 4.69) is 20.8 Å². The van der Waals surface area contributed by atoms with E-state index in [1.807, 2.05) is 30.3 Å². The second-order valence-corrected chi connectivity index (χ2v) is 11.3. The van der Waals surface area contributed by atoms with Gasteiger partial charge in [-0.3, -0.25) is 9.59 Å². The number of aromatic nitrogens is 4. The molecule has 4 aromatic carbocycles. The number of amides is 2. The van der Waals surface area contributed by atoms with E-state index in [9.17, 15) is 19.5 Å². The molecule has 2 aliphatic rings. The van der Waals surface area contributed by atoms with Crippen LogP contribution >= 0.6 is 11.6 Å². The van der Waals surface area contributed by atoms with Gasteiger partial charge in [0.1, 0.15) is 12.4 Å². The van der Waals surface area contributed by atoms with E-state index in [1.54, 1.807) is 6.07 Å². The number of carbonyl (C=O) groups excluding carboxylic acids is 2. The van der Waals surface area contributed by atoms with Crippen LogP contribution in [0.25, 0.3) is 22.9 Å². The van der Waals surface area contributed by atoms with Gasteiger partial charge in [-0.15, -0.1) is 5.10 Å². The lowest BCUT2D eigenvalue weighted by Gasteiger charge is -2.37. The summed E-state index contributed by atoms with van der Waals surface area (Å²) in [6, 6.07) is 18.6. The van der Waals surface area contributed by atoms with Gasteiger partial charge in [0.2, 0.25) is 12.7 Å². The number of hydrogen-bond donors (Lipinski definition) is 2. The number of nitrogens with one attached hydrogen (secondary N) is 1. The van der Waals surface area contributed by atoms with Crippen molar-refractivity contribution in [3.63, 3.8) is 0 Å². The lowest BCUT2D eigenvalue weighted by atomic mass is 9.86. The van der Waals surface area contributed by atoms with Crippen LogP contribution < -0.4 is 14.8 Å². The number of benzene rings is 4. The summed E-state index contributed by atoms with van der Waals surface area (Å²) in [6.45, 7) is 0.286. The molecule has 1 unspecified atom stereocenters. The summed E-state index contributed by atoms with van der Waals surface area (Å²) in [7, 11) is 0. The summed E-state index contributed by atoms with van der Waals surface area (Å²) >= 11 is 6.07. The molecule has 12 nitrogen and oxygen atoms in total. The number of carboxylic acids is 1. The Morgan fingerprint density at radius 3 is 2.60 bits per heavy atom. The van der Waals surface area contributed by atoms with Crippen LogP contribution in [0.5, 0.6) is 11.5 Å². The molecule has 0 fully saturated rings. The number of nitrogens with zero attached hydrogens (tertiary/aromatic N) is 5. The molecule has 0 saturated heterocycles. The smallest absolute Gasteiger partial charge is 0.335 e. The van der Waals surface area contributed by atoms with E-state index in [0.29, 0.717) is 29.2 Å². The Morgan fingerprint density at radius 1 is 1.02 bits per heavy atom. The van der Waals surface area contributed by atoms with Crippen LogP contribution in [0.4, 0.5) is 10.1 Å². The maximum absolute atomic E-state index is 15.3. The Bertz CT molecular complexity index is 2100. The molecule has 0 spiro atoms. The molecule has 240 valence electrons. The summed E-state index contributed by atoms with van der Waals surface area (Å²) in [5, 5.41) is 23.0. The van der Waals surface area contributed by atoms with Gasteiger partial charge < -0.3 is 24.8 Å². The van der Waals surface area contributed by atoms with Gasteiger partial charge in [-0.05, 0) is 93.7 Å². The minimum Gasteiger partial charge on any atom is -0.478 e. The summed E-state index contributed by atoms with van der Waals surface area (Å²) in [4.78, 5) is 40.7. The number of anilines is 1. The first-order valence-corrected chi connectivity index (χ1v) is 15.0. The normalized spacial score (nSPS) is 15.0. The lowest BCUT2D eigenvalue weighted by molar-refractivity contribution is -0.135. The zero-order chi connectivity index (χ0) is 33.4. The van der Waals surface area contributed by atoms with Gasteiger partial charge in [-0.1, -0.05) is 35.9 Å². The molecule has 0 saturated carbocycles. The zero-order valence-electron chi connectivity index (χ0n) is 24.8. The van der Waals surface area contributed by atoms with Gasteiger partial charge in [0.05, 0.1) is 16.3 Å². The average molecular weight is 667 g/mol. The topological polar surface area (TPSA) is 149 Å². The Balaban J connectivity index is 1.26. The van der Waals surface area contributed by atoms with Crippen LogP contribution in [-0.2, 0) is 16.0 Å². The monoisotopic (exact) mass is 666 g/mol. The minimum atomic E-state index is -1.10. The number of tetrazole rings is 1. The highest BCUT2D eigenvalue weighted by Gasteiger charge is 2.36. The van der Waals surface area contributed by atoms with Crippen molar-refractivity contribution in [1.82, 2.24) is 25.1 Å². The molecule has 14 heteroatoms. The van der Waals surface area contributed by atoms with Crippen molar-refractivity contribution in [3.8, 4) is 28.3 Å². The molecule has 3 heterocycles. The van der Waals surface area contributed by atoms with Gasteiger partial charge in [0.25, 0.3) is 5.91 Å². The van der Waals surface area contributed by atoms with E-state index in [-0.39, 0.29) is 35.2 Å². The molecule has 0 bridgehead atoms. The number of fused-ring (bicyclic) bond motifs is 2. The summed E-state index contributed by atoms with van der Waals surface area (Å²) in [5.41, 5.74) is 3.82. The number of rotatable bonds is 7. The maximum Gasteiger partial charge on any atom is 0.335 e. The number of carboxylic acid groups (broad SMARTS) is 1. The van der Waals surface area contributed by atoms with Crippen LogP contribution in [0.3, 0.4) is 0 Å². The van der Waals surface area contributed by atoms with Crippen molar-refractivity contribution in [1.29, 1.82) is 0 Å². The maximum atomic E-state index is 15.3. The van der Waals surface area contributed by atoms with Crippen LogP contribution in [0, 0.1) is 5.82 Å². The first-order valence-electron chi connectivity index (χ1n) is 14.6. The van der Waals surface area contributed by atoms with Crippen molar-refractivity contribution in [2.24, 2.45) is 0 Å². The Hall–Kier alpha value is -6.08. The van der Waals surface area contributed by atoms with Gasteiger partial charge in [-0.2, -0.15) is 4.68 Å². The van der Waals surface area contributed by atoms with Gasteiger partial charge in [-0.25, -0.2) is 9.18 Å². The Kier molecular flexibility index (Phi) is 8.03. The molecule has 1 aromatic heterocycles. The fraction of sp³-hybridized carbons (Fsp3) is 0.118. The van der Waals surface area contributed by atoms with Crippen molar-refractivity contribution in [2.75, 3.05) is 18.7 Å². The fourth-order valence-electron chi connectivity index (χ4n) is 5.87. The van der Waals surface area contributed by atoms with E-state index in [1.165, 1.54) is 64.5 Å².